The molecule has 1 fully saturated rings. The Kier molecular flexibility index (Phi) is 4.40. The van der Waals surface area contributed by atoms with Gasteiger partial charge in [-0.3, -0.25) is 4.98 Å². The molecule has 1 unspecified atom stereocenters. The Morgan fingerprint density at radius 3 is 2.61 bits per heavy atom. The number of aliphatic hydroxyl groups excluding tert-OH is 1. The molecular weight excluding hydrogens is 312 g/mol. The van der Waals surface area contributed by atoms with Gasteiger partial charge in [-0.2, -0.15) is 4.31 Å². The molecule has 1 N–H and O–H groups in total. The standard InChI is InChI=1S/C17H22N2O3S/c1-12-5-6-16(15-4-3-9-18-17(12)15)23(21,22)19-10-7-14(8-11-19)13(2)20/h3-6,9,13-14,20H,7-8,10-11H2,1-2H3. The normalized spacial score (nSPS) is 19.1. The molecule has 1 aromatic heterocycles. The van der Waals surface area contributed by atoms with Crippen LogP contribution in [0.15, 0.2) is 35.4 Å². The molecule has 0 saturated carbocycles. The van der Waals surface area contributed by atoms with Gasteiger partial charge in [0.2, 0.25) is 10.0 Å². The van der Waals surface area contributed by atoms with E-state index in [-0.39, 0.29) is 12.0 Å². The lowest BCUT2D eigenvalue weighted by Gasteiger charge is -2.32. The Balaban J connectivity index is 1.97. The number of pyridine rings is 1. The molecule has 0 bridgehead atoms. The summed E-state index contributed by atoms with van der Waals surface area (Å²) in [5, 5.41) is 10.4. The molecule has 1 atom stereocenters. The number of piperidine rings is 1. The van der Waals surface area contributed by atoms with Crippen molar-refractivity contribution in [2.24, 2.45) is 5.92 Å². The lowest BCUT2D eigenvalue weighted by Crippen LogP contribution is -2.40. The van der Waals surface area contributed by atoms with E-state index in [1.165, 1.54) is 4.31 Å². The second-order valence-corrected chi connectivity index (χ2v) is 8.17. The van der Waals surface area contributed by atoms with Crippen LogP contribution in [0.3, 0.4) is 0 Å². The highest BCUT2D eigenvalue weighted by molar-refractivity contribution is 7.89. The van der Waals surface area contributed by atoms with Gasteiger partial charge in [-0.25, -0.2) is 8.42 Å². The van der Waals surface area contributed by atoms with E-state index in [1.807, 2.05) is 19.1 Å². The van der Waals surface area contributed by atoms with Crippen molar-refractivity contribution in [2.75, 3.05) is 13.1 Å². The Labute approximate surface area is 137 Å². The summed E-state index contributed by atoms with van der Waals surface area (Å²) in [5.41, 5.74) is 1.69. The van der Waals surface area contributed by atoms with E-state index in [0.29, 0.717) is 36.2 Å². The predicted octanol–water partition coefficient (Wildman–Crippen LogP) is 2.32. The number of benzene rings is 1. The van der Waals surface area contributed by atoms with Crippen LogP contribution in [0, 0.1) is 12.8 Å². The third kappa shape index (κ3) is 2.98. The maximum atomic E-state index is 13.0. The van der Waals surface area contributed by atoms with Crippen molar-refractivity contribution < 1.29 is 13.5 Å². The minimum Gasteiger partial charge on any atom is -0.393 e. The van der Waals surface area contributed by atoms with Crippen LogP contribution in [-0.2, 0) is 10.0 Å². The van der Waals surface area contributed by atoms with E-state index in [9.17, 15) is 13.5 Å². The van der Waals surface area contributed by atoms with Crippen LogP contribution >= 0.6 is 0 Å². The molecule has 6 heteroatoms. The third-order valence-electron chi connectivity index (χ3n) is 4.73. The summed E-state index contributed by atoms with van der Waals surface area (Å²) >= 11 is 0. The molecule has 124 valence electrons. The molecule has 2 aromatic rings. The zero-order valence-electron chi connectivity index (χ0n) is 13.4. The average molecular weight is 334 g/mol. The SMILES string of the molecule is Cc1ccc(S(=O)(=O)N2CCC(C(C)O)CC2)c2cccnc12. The Morgan fingerprint density at radius 2 is 1.96 bits per heavy atom. The number of aliphatic hydroxyl groups is 1. The fourth-order valence-electron chi connectivity index (χ4n) is 3.25. The Bertz CT molecular complexity index is 810. The summed E-state index contributed by atoms with van der Waals surface area (Å²) in [7, 11) is -3.54. The van der Waals surface area contributed by atoms with Crippen LogP contribution in [-0.4, -0.2) is 42.0 Å². The fraction of sp³-hybridized carbons (Fsp3) is 0.471. The van der Waals surface area contributed by atoms with Crippen molar-refractivity contribution in [3.63, 3.8) is 0 Å². The first-order valence-electron chi connectivity index (χ1n) is 7.94. The number of rotatable bonds is 3. The largest absolute Gasteiger partial charge is 0.393 e. The molecule has 1 aromatic carbocycles. The Morgan fingerprint density at radius 1 is 1.26 bits per heavy atom. The predicted molar refractivity (Wildman–Crippen MR) is 89.6 cm³/mol. The lowest BCUT2D eigenvalue weighted by atomic mass is 9.93. The molecule has 23 heavy (non-hydrogen) atoms. The molecule has 5 nitrogen and oxygen atoms in total. The lowest BCUT2D eigenvalue weighted by molar-refractivity contribution is 0.0912. The number of fused-ring (bicyclic) bond motifs is 1. The number of nitrogens with zero attached hydrogens (tertiary/aromatic N) is 2. The summed E-state index contributed by atoms with van der Waals surface area (Å²) in [6.45, 7) is 4.61. The van der Waals surface area contributed by atoms with E-state index in [1.54, 1.807) is 25.3 Å². The molecule has 1 saturated heterocycles. The van der Waals surface area contributed by atoms with Crippen molar-refractivity contribution in [3.8, 4) is 0 Å². The molecular formula is C17H22N2O3S. The van der Waals surface area contributed by atoms with Crippen LogP contribution in [0.25, 0.3) is 10.9 Å². The molecule has 0 spiro atoms. The number of aromatic nitrogens is 1. The fourth-order valence-corrected chi connectivity index (χ4v) is 4.90. The van der Waals surface area contributed by atoms with Gasteiger partial charge in [0.1, 0.15) is 0 Å². The molecule has 2 heterocycles. The van der Waals surface area contributed by atoms with E-state index in [4.69, 9.17) is 0 Å². The summed E-state index contributed by atoms with van der Waals surface area (Å²) in [6.07, 6.45) is 2.68. The maximum absolute atomic E-state index is 13.0. The minimum absolute atomic E-state index is 0.179. The van der Waals surface area contributed by atoms with Crippen molar-refractivity contribution >= 4 is 20.9 Å². The second-order valence-electron chi connectivity index (χ2n) is 6.26. The van der Waals surface area contributed by atoms with Gasteiger partial charge >= 0.3 is 0 Å². The summed E-state index contributed by atoms with van der Waals surface area (Å²) in [4.78, 5) is 4.64. The summed E-state index contributed by atoms with van der Waals surface area (Å²) < 4.78 is 27.6. The van der Waals surface area contributed by atoms with Gasteiger partial charge in [0.05, 0.1) is 16.5 Å². The van der Waals surface area contributed by atoms with E-state index < -0.39 is 10.0 Å². The molecule has 0 amide bonds. The zero-order chi connectivity index (χ0) is 16.6. The van der Waals surface area contributed by atoms with Crippen molar-refractivity contribution in [1.82, 2.24) is 9.29 Å². The zero-order valence-corrected chi connectivity index (χ0v) is 14.3. The average Bonchev–Trinajstić information content (AvgIpc) is 2.55. The maximum Gasteiger partial charge on any atom is 0.243 e. The molecule has 1 aliphatic heterocycles. The van der Waals surface area contributed by atoms with Crippen molar-refractivity contribution in [1.29, 1.82) is 0 Å². The van der Waals surface area contributed by atoms with Gasteiger partial charge in [0.25, 0.3) is 0 Å². The first-order chi connectivity index (χ1) is 10.9. The molecule has 1 aliphatic rings. The van der Waals surface area contributed by atoms with E-state index >= 15 is 0 Å². The van der Waals surface area contributed by atoms with E-state index in [2.05, 4.69) is 4.98 Å². The highest BCUT2D eigenvalue weighted by atomic mass is 32.2. The third-order valence-corrected chi connectivity index (χ3v) is 6.69. The van der Waals surface area contributed by atoms with Gasteiger partial charge in [-0.05, 0) is 56.4 Å². The number of aryl methyl sites for hydroxylation is 1. The minimum atomic E-state index is -3.54. The monoisotopic (exact) mass is 334 g/mol. The molecule has 0 radical (unpaired) electrons. The smallest absolute Gasteiger partial charge is 0.243 e. The van der Waals surface area contributed by atoms with Gasteiger partial charge in [0.15, 0.2) is 0 Å². The van der Waals surface area contributed by atoms with Gasteiger partial charge in [0, 0.05) is 24.7 Å². The molecule has 0 aliphatic carbocycles. The first-order valence-corrected chi connectivity index (χ1v) is 9.38. The highest BCUT2D eigenvalue weighted by Crippen LogP contribution is 2.30. The summed E-state index contributed by atoms with van der Waals surface area (Å²) in [6, 6.07) is 7.06. The number of sulfonamides is 1. The second kappa shape index (κ2) is 6.19. The quantitative estimate of drug-likeness (QED) is 0.935. The first kappa shape index (κ1) is 16.4. The van der Waals surface area contributed by atoms with Gasteiger partial charge in [-0.15, -0.1) is 0 Å². The van der Waals surface area contributed by atoms with Gasteiger partial charge in [-0.1, -0.05) is 6.07 Å². The van der Waals surface area contributed by atoms with Crippen LogP contribution < -0.4 is 0 Å². The van der Waals surface area contributed by atoms with Crippen LogP contribution in [0.5, 0.6) is 0 Å². The van der Waals surface area contributed by atoms with E-state index in [0.717, 1.165) is 11.1 Å². The van der Waals surface area contributed by atoms with Crippen LogP contribution in [0.2, 0.25) is 0 Å². The number of hydrogen-bond acceptors (Lipinski definition) is 4. The van der Waals surface area contributed by atoms with Crippen molar-refractivity contribution in [3.05, 3.63) is 36.0 Å². The number of hydrogen-bond donors (Lipinski definition) is 1. The van der Waals surface area contributed by atoms with Crippen LogP contribution in [0.4, 0.5) is 0 Å². The van der Waals surface area contributed by atoms with Gasteiger partial charge < -0.3 is 5.11 Å². The Hall–Kier alpha value is -1.50. The summed E-state index contributed by atoms with van der Waals surface area (Å²) in [5.74, 6) is 0.179. The topological polar surface area (TPSA) is 70.5 Å². The highest BCUT2D eigenvalue weighted by Gasteiger charge is 2.32. The molecule has 3 rings (SSSR count). The van der Waals surface area contributed by atoms with Crippen molar-refractivity contribution in [2.45, 2.75) is 37.7 Å². The van der Waals surface area contributed by atoms with Crippen LogP contribution in [0.1, 0.15) is 25.3 Å².